The lowest BCUT2D eigenvalue weighted by atomic mass is 9.98. The van der Waals surface area contributed by atoms with Gasteiger partial charge in [0.2, 0.25) is 0 Å². The molecule has 4 nitrogen and oxygen atoms in total. The van der Waals surface area contributed by atoms with Gasteiger partial charge in [-0.05, 0) is 68.0 Å². The van der Waals surface area contributed by atoms with Crippen LogP contribution in [0.4, 0.5) is 0 Å². The van der Waals surface area contributed by atoms with Crippen LogP contribution in [0.5, 0.6) is 5.75 Å². The average Bonchev–Trinajstić information content (AvgIpc) is 2.67. The lowest BCUT2D eigenvalue weighted by molar-refractivity contribution is -0.147. The molecule has 1 amide bonds. The molecule has 1 atom stereocenters. The zero-order valence-corrected chi connectivity index (χ0v) is 16.4. The van der Waals surface area contributed by atoms with E-state index < -0.39 is 5.60 Å². The molecule has 142 valence electrons. The molecule has 0 bridgehead atoms. The molecule has 1 aliphatic heterocycles. The summed E-state index contributed by atoms with van der Waals surface area (Å²) in [5.74, 6) is 1.33. The molecule has 2 aromatic rings. The van der Waals surface area contributed by atoms with Gasteiger partial charge in [0.15, 0.2) is 5.60 Å². The monoisotopic (exact) mass is 364 g/mol. The first-order valence-electron chi connectivity index (χ1n) is 9.60. The van der Waals surface area contributed by atoms with Gasteiger partial charge < -0.3 is 9.64 Å². The Hall–Kier alpha value is -2.62. The zero-order valence-electron chi connectivity index (χ0n) is 16.4. The number of carbonyl (C=O) groups is 1. The summed E-state index contributed by atoms with van der Waals surface area (Å²) in [5.41, 5.74) is 1.31. The molecule has 0 N–H and O–H groups in total. The van der Waals surface area contributed by atoms with Crippen LogP contribution >= 0.6 is 0 Å². The maximum absolute atomic E-state index is 12.9. The first kappa shape index (κ1) is 19.2. The van der Waals surface area contributed by atoms with Crippen molar-refractivity contribution in [2.75, 3.05) is 13.1 Å². The van der Waals surface area contributed by atoms with Crippen LogP contribution in [0.2, 0.25) is 0 Å². The average molecular weight is 364 g/mol. The van der Waals surface area contributed by atoms with E-state index in [0.717, 1.165) is 30.6 Å². The van der Waals surface area contributed by atoms with E-state index in [1.807, 2.05) is 67.3 Å². The van der Waals surface area contributed by atoms with Crippen LogP contribution in [-0.2, 0) is 4.79 Å². The molecule has 0 saturated carbocycles. The lowest BCUT2D eigenvalue weighted by Gasteiger charge is -2.36. The second-order valence-electron chi connectivity index (χ2n) is 7.79. The number of hydrogen-bond acceptors (Lipinski definition) is 3. The third kappa shape index (κ3) is 5.19. The Morgan fingerprint density at radius 2 is 1.74 bits per heavy atom. The van der Waals surface area contributed by atoms with Crippen LogP contribution in [0, 0.1) is 5.92 Å². The number of amides is 1. The highest BCUT2D eigenvalue weighted by Crippen LogP contribution is 2.24. The number of rotatable bonds is 5. The van der Waals surface area contributed by atoms with Crippen molar-refractivity contribution < 1.29 is 9.53 Å². The second kappa shape index (κ2) is 8.38. The Balaban J connectivity index is 1.63. The first-order valence-corrected chi connectivity index (χ1v) is 9.60. The van der Waals surface area contributed by atoms with Crippen molar-refractivity contribution in [1.82, 2.24) is 9.88 Å². The van der Waals surface area contributed by atoms with E-state index in [9.17, 15) is 4.79 Å². The van der Waals surface area contributed by atoms with Gasteiger partial charge in [0, 0.05) is 25.5 Å². The fraction of sp³-hybridized carbons (Fsp3) is 0.391. The number of piperidine rings is 1. The maximum Gasteiger partial charge on any atom is 0.266 e. The fourth-order valence-electron chi connectivity index (χ4n) is 3.41. The highest BCUT2D eigenvalue weighted by molar-refractivity contribution is 5.85. The summed E-state index contributed by atoms with van der Waals surface area (Å²) < 4.78 is 6.05. The molecule has 3 rings (SSSR count). The van der Waals surface area contributed by atoms with E-state index in [0.29, 0.717) is 11.7 Å². The van der Waals surface area contributed by atoms with Crippen LogP contribution in [0.1, 0.15) is 44.7 Å². The van der Waals surface area contributed by atoms with Crippen LogP contribution in [0.15, 0.2) is 48.8 Å². The first-order chi connectivity index (χ1) is 12.9. The summed E-state index contributed by atoms with van der Waals surface area (Å²) in [7, 11) is 0. The summed E-state index contributed by atoms with van der Waals surface area (Å²) >= 11 is 0. The van der Waals surface area contributed by atoms with Crippen molar-refractivity contribution in [3.63, 3.8) is 0 Å². The molecule has 1 fully saturated rings. The standard InChI is InChI=1S/C23H28N2O2/c1-18-5-4-16-25(17-18)22(26)23(2,3)27-21-10-8-19(9-11-21)6-7-20-12-14-24-15-13-20/h6-15,18H,4-5,16-17H2,1-3H3/b7-6+. The highest BCUT2D eigenvalue weighted by Gasteiger charge is 2.35. The number of pyridine rings is 1. The number of benzene rings is 1. The zero-order chi connectivity index (χ0) is 19.3. The second-order valence-corrected chi connectivity index (χ2v) is 7.79. The number of nitrogens with zero attached hydrogens (tertiary/aromatic N) is 2. The summed E-state index contributed by atoms with van der Waals surface area (Å²) in [6.45, 7) is 7.56. The molecule has 0 aliphatic carbocycles. The van der Waals surface area contributed by atoms with Gasteiger partial charge in [-0.3, -0.25) is 9.78 Å². The van der Waals surface area contributed by atoms with Gasteiger partial charge in [0.1, 0.15) is 5.75 Å². The summed E-state index contributed by atoms with van der Waals surface area (Å²) in [5, 5.41) is 0. The fourth-order valence-corrected chi connectivity index (χ4v) is 3.41. The van der Waals surface area contributed by atoms with Crippen LogP contribution in [0.25, 0.3) is 12.2 Å². The maximum atomic E-state index is 12.9. The van der Waals surface area contributed by atoms with Gasteiger partial charge in [0.25, 0.3) is 5.91 Å². The Kier molecular flexibility index (Phi) is 5.94. The molecule has 1 aromatic carbocycles. The van der Waals surface area contributed by atoms with Gasteiger partial charge in [-0.1, -0.05) is 31.2 Å². The Morgan fingerprint density at radius 1 is 1.11 bits per heavy atom. The quantitative estimate of drug-likeness (QED) is 0.774. The highest BCUT2D eigenvalue weighted by atomic mass is 16.5. The Labute approximate surface area is 161 Å². The van der Waals surface area contributed by atoms with Crippen LogP contribution in [0.3, 0.4) is 0 Å². The van der Waals surface area contributed by atoms with E-state index in [4.69, 9.17) is 4.74 Å². The van der Waals surface area contributed by atoms with Crippen molar-refractivity contribution in [2.45, 2.75) is 39.2 Å². The Bertz CT molecular complexity index is 782. The van der Waals surface area contributed by atoms with Crippen molar-refractivity contribution in [3.05, 3.63) is 59.9 Å². The molecule has 1 saturated heterocycles. The van der Waals surface area contributed by atoms with Gasteiger partial charge >= 0.3 is 0 Å². The molecule has 0 spiro atoms. The molecule has 1 aliphatic rings. The predicted molar refractivity (Wildman–Crippen MR) is 109 cm³/mol. The molecule has 4 heteroatoms. The molecular weight excluding hydrogens is 336 g/mol. The van der Waals surface area contributed by atoms with Gasteiger partial charge in [0.05, 0.1) is 0 Å². The summed E-state index contributed by atoms with van der Waals surface area (Å²) in [6.07, 6.45) is 9.91. The summed E-state index contributed by atoms with van der Waals surface area (Å²) in [4.78, 5) is 18.8. The van der Waals surface area contributed by atoms with Crippen molar-refractivity contribution in [2.24, 2.45) is 5.92 Å². The topological polar surface area (TPSA) is 42.4 Å². The third-order valence-corrected chi connectivity index (χ3v) is 4.89. The molecule has 0 radical (unpaired) electrons. The number of ether oxygens (including phenoxy) is 1. The molecular formula is C23H28N2O2. The predicted octanol–water partition coefficient (Wildman–Crippen LogP) is 4.67. The minimum atomic E-state index is -0.870. The third-order valence-electron chi connectivity index (χ3n) is 4.89. The number of carbonyl (C=O) groups excluding carboxylic acids is 1. The number of likely N-dealkylation sites (tertiary alicyclic amines) is 1. The summed E-state index contributed by atoms with van der Waals surface area (Å²) in [6, 6.07) is 11.8. The van der Waals surface area contributed by atoms with Gasteiger partial charge in [-0.2, -0.15) is 0 Å². The normalized spacial score (nSPS) is 17.9. The number of aromatic nitrogens is 1. The van der Waals surface area contributed by atoms with E-state index in [1.54, 1.807) is 12.4 Å². The molecule has 1 aromatic heterocycles. The SMILES string of the molecule is CC1CCCN(C(=O)C(C)(C)Oc2ccc(/C=C/c3ccncc3)cc2)C1. The van der Waals surface area contributed by atoms with Crippen molar-refractivity contribution in [1.29, 1.82) is 0 Å². The van der Waals surface area contributed by atoms with Crippen molar-refractivity contribution >= 4 is 18.1 Å². The lowest BCUT2D eigenvalue weighted by Crippen LogP contribution is -2.51. The van der Waals surface area contributed by atoms with E-state index in [2.05, 4.69) is 11.9 Å². The van der Waals surface area contributed by atoms with E-state index in [1.165, 1.54) is 6.42 Å². The molecule has 2 heterocycles. The van der Waals surface area contributed by atoms with E-state index in [-0.39, 0.29) is 5.91 Å². The Morgan fingerprint density at radius 3 is 2.37 bits per heavy atom. The van der Waals surface area contributed by atoms with Crippen LogP contribution < -0.4 is 4.74 Å². The minimum absolute atomic E-state index is 0.0655. The van der Waals surface area contributed by atoms with E-state index >= 15 is 0 Å². The number of hydrogen-bond donors (Lipinski definition) is 0. The largest absolute Gasteiger partial charge is 0.478 e. The molecule has 27 heavy (non-hydrogen) atoms. The van der Waals surface area contributed by atoms with Gasteiger partial charge in [-0.25, -0.2) is 0 Å². The van der Waals surface area contributed by atoms with Crippen LogP contribution in [-0.4, -0.2) is 34.5 Å². The smallest absolute Gasteiger partial charge is 0.266 e. The molecule has 1 unspecified atom stereocenters. The van der Waals surface area contributed by atoms with Gasteiger partial charge in [-0.15, -0.1) is 0 Å². The van der Waals surface area contributed by atoms with Crippen molar-refractivity contribution in [3.8, 4) is 5.75 Å². The minimum Gasteiger partial charge on any atom is -0.478 e.